The minimum Gasteiger partial charge on any atom is -0.508 e. The van der Waals surface area contributed by atoms with E-state index in [1.165, 1.54) is 0 Å². The zero-order valence-corrected chi connectivity index (χ0v) is 12.4. The van der Waals surface area contributed by atoms with Crippen LogP contribution in [-0.2, 0) is 11.2 Å². The Kier molecular flexibility index (Phi) is 3.20. The molecular weight excluding hydrogens is 266 g/mol. The molecule has 0 bridgehead atoms. The maximum atomic E-state index is 12.0. The van der Waals surface area contributed by atoms with Crippen molar-refractivity contribution in [2.45, 2.75) is 39.5 Å². The van der Waals surface area contributed by atoms with Crippen molar-refractivity contribution in [3.63, 3.8) is 0 Å². The molecule has 0 spiro atoms. The number of aryl methyl sites for hydroxylation is 3. The fourth-order valence-corrected chi connectivity index (χ4v) is 2.90. The fraction of sp³-hybridized carbons (Fsp3) is 0.375. The lowest BCUT2D eigenvalue weighted by molar-refractivity contribution is -0.116. The van der Waals surface area contributed by atoms with Gasteiger partial charge >= 0.3 is 0 Å². The van der Waals surface area contributed by atoms with E-state index in [1.807, 2.05) is 26.8 Å². The van der Waals surface area contributed by atoms with Crippen molar-refractivity contribution in [3.8, 4) is 5.75 Å². The van der Waals surface area contributed by atoms with Crippen LogP contribution in [-0.4, -0.2) is 21.0 Å². The summed E-state index contributed by atoms with van der Waals surface area (Å²) in [6.07, 6.45) is 1.22. The molecule has 1 aromatic heterocycles. The number of aromatic hydroxyl groups is 1. The first-order chi connectivity index (χ1) is 9.99. The van der Waals surface area contributed by atoms with Gasteiger partial charge in [0.05, 0.1) is 5.69 Å². The number of nitrogens with zero attached hydrogens (tertiary/aromatic N) is 1. The molecule has 3 N–H and O–H groups in total. The average molecular weight is 285 g/mol. The minimum absolute atomic E-state index is 0.0452. The number of nitrogens with one attached hydrogen (secondary N) is 2. The Morgan fingerprint density at radius 3 is 2.81 bits per heavy atom. The molecule has 2 heterocycles. The number of hydrogen-bond acceptors (Lipinski definition) is 3. The van der Waals surface area contributed by atoms with E-state index in [0.717, 1.165) is 34.8 Å². The van der Waals surface area contributed by atoms with Crippen LogP contribution in [0.3, 0.4) is 0 Å². The van der Waals surface area contributed by atoms with E-state index >= 15 is 0 Å². The van der Waals surface area contributed by atoms with Crippen LogP contribution in [0.2, 0.25) is 0 Å². The number of hydrogen-bond donors (Lipinski definition) is 3. The predicted octanol–water partition coefficient (Wildman–Crippen LogP) is 2.77. The quantitative estimate of drug-likeness (QED) is 0.794. The number of aromatic nitrogens is 2. The Morgan fingerprint density at radius 2 is 2.14 bits per heavy atom. The molecule has 1 amide bonds. The molecule has 0 saturated carbocycles. The summed E-state index contributed by atoms with van der Waals surface area (Å²) in [6, 6.07) is 3.56. The second-order valence-corrected chi connectivity index (χ2v) is 5.58. The van der Waals surface area contributed by atoms with Crippen LogP contribution in [0.25, 0.3) is 0 Å². The molecule has 5 heteroatoms. The van der Waals surface area contributed by atoms with Gasteiger partial charge in [0, 0.05) is 36.2 Å². The zero-order chi connectivity index (χ0) is 15.1. The molecule has 0 fully saturated rings. The fourth-order valence-electron chi connectivity index (χ4n) is 2.90. The molecule has 1 unspecified atom stereocenters. The summed E-state index contributed by atoms with van der Waals surface area (Å²) in [4.78, 5) is 19.9. The van der Waals surface area contributed by atoms with Crippen LogP contribution in [0, 0.1) is 13.8 Å². The largest absolute Gasteiger partial charge is 0.508 e. The van der Waals surface area contributed by atoms with Crippen LogP contribution >= 0.6 is 0 Å². The number of carbonyl (C=O) groups excluding carboxylic acids is 1. The van der Waals surface area contributed by atoms with Crippen LogP contribution in [0.5, 0.6) is 5.75 Å². The first-order valence-corrected chi connectivity index (χ1v) is 7.18. The smallest absolute Gasteiger partial charge is 0.225 e. The molecule has 3 rings (SSSR count). The molecule has 0 radical (unpaired) electrons. The highest BCUT2D eigenvalue weighted by Gasteiger charge is 2.30. The van der Waals surface area contributed by atoms with Gasteiger partial charge in [-0.1, -0.05) is 6.92 Å². The number of carbonyl (C=O) groups is 1. The molecule has 0 saturated heterocycles. The van der Waals surface area contributed by atoms with Gasteiger partial charge in [-0.25, -0.2) is 4.98 Å². The van der Waals surface area contributed by atoms with Crippen molar-refractivity contribution in [3.05, 3.63) is 40.5 Å². The highest BCUT2D eigenvalue weighted by Crippen LogP contribution is 2.40. The summed E-state index contributed by atoms with van der Waals surface area (Å²) < 4.78 is 0. The molecule has 1 aliphatic rings. The summed E-state index contributed by atoms with van der Waals surface area (Å²) in [7, 11) is 0. The highest BCUT2D eigenvalue weighted by molar-refractivity contribution is 5.95. The number of fused-ring (bicyclic) bond motifs is 1. The zero-order valence-electron chi connectivity index (χ0n) is 12.4. The van der Waals surface area contributed by atoms with Crippen molar-refractivity contribution in [2.75, 3.05) is 5.32 Å². The molecule has 1 aliphatic heterocycles. The summed E-state index contributed by atoms with van der Waals surface area (Å²) in [5.41, 5.74) is 4.43. The van der Waals surface area contributed by atoms with E-state index in [2.05, 4.69) is 15.3 Å². The third-order valence-electron chi connectivity index (χ3n) is 4.04. The van der Waals surface area contributed by atoms with Crippen molar-refractivity contribution < 1.29 is 9.90 Å². The predicted molar refractivity (Wildman–Crippen MR) is 80.6 cm³/mol. The number of phenolic OH excluding ortho intramolecular Hbond substituents is 1. The number of imidazole rings is 1. The number of anilines is 1. The van der Waals surface area contributed by atoms with Crippen LogP contribution in [0.1, 0.15) is 47.6 Å². The van der Waals surface area contributed by atoms with E-state index in [4.69, 9.17) is 0 Å². The molecule has 110 valence electrons. The Labute approximate surface area is 123 Å². The topological polar surface area (TPSA) is 78.0 Å². The number of amides is 1. The lowest BCUT2D eigenvalue weighted by atomic mass is 9.86. The Morgan fingerprint density at radius 1 is 1.38 bits per heavy atom. The summed E-state index contributed by atoms with van der Waals surface area (Å²) in [6.45, 7) is 5.89. The first-order valence-electron chi connectivity index (χ1n) is 7.18. The number of rotatable bonds is 2. The van der Waals surface area contributed by atoms with Crippen molar-refractivity contribution in [1.29, 1.82) is 0 Å². The van der Waals surface area contributed by atoms with Gasteiger partial charge in [0.1, 0.15) is 11.6 Å². The summed E-state index contributed by atoms with van der Waals surface area (Å²) in [5, 5.41) is 12.7. The number of H-pyrrole nitrogens is 1. The lowest BCUT2D eigenvalue weighted by Gasteiger charge is -2.25. The van der Waals surface area contributed by atoms with Gasteiger partial charge in [-0.2, -0.15) is 0 Å². The van der Waals surface area contributed by atoms with Crippen molar-refractivity contribution in [1.82, 2.24) is 9.97 Å². The maximum absolute atomic E-state index is 12.0. The molecule has 1 aromatic carbocycles. The van der Waals surface area contributed by atoms with E-state index in [9.17, 15) is 9.90 Å². The minimum atomic E-state index is -0.0652. The van der Waals surface area contributed by atoms with Crippen LogP contribution < -0.4 is 5.32 Å². The summed E-state index contributed by atoms with van der Waals surface area (Å²) >= 11 is 0. The second-order valence-electron chi connectivity index (χ2n) is 5.58. The molecule has 1 atom stereocenters. The normalized spacial score (nSPS) is 17.5. The molecule has 0 aliphatic carbocycles. The number of phenols is 1. The molecule has 5 nitrogen and oxygen atoms in total. The van der Waals surface area contributed by atoms with E-state index in [0.29, 0.717) is 12.1 Å². The monoisotopic (exact) mass is 285 g/mol. The van der Waals surface area contributed by atoms with E-state index in [-0.39, 0.29) is 17.6 Å². The van der Waals surface area contributed by atoms with Crippen molar-refractivity contribution in [2.24, 2.45) is 0 Å². The van der Waals surface area contributed by atoms with Gasteiger partial charge in [-0.3, -0.25) is 4.79 Å². The van der Waals surface area contributed by atoms with E-state index < -0.39 is 0 Å². The van der Waals surface area contributed by atoms with Crippen LogP contribution in [0.15, 0.2) is 12.1 Å². The van der Waals surface area contributed by atoms with Crippen molar-refractivity contribution >= 4 is 11.6 Å². The number of aromatic amines is 1. The van der Waals surface area contributed by atoms with Gasteiger partial charge in [0.15, 0.2) is 0 Å². The third-order valence-corrected chi connectivity index (χ3v) is 4.04. The van der Waals surface area contributed by atoms with Gasteiger partial charge < -0.3 is 15.4 Å². The van der Waals surface area contributed by atoms with E-state index in [1.54, 1.807) is 6.07 Å². The Bertz CT molecular complexity index is 719. The maximum Gasteiger partial charge on any atom is 0.225 e. The number of benzene rings is 1. The molecule has 2 aromatic rings. The van der Waals surface area contributed by atoms with Gasteiger partial charge in [0.2, 0.25) is 5.91 Å². The lowest BCUT2D eigenvalue weighted by Crippen LogP contribution is -2.24. The van der Waals surface area contributed by atoms with Gasteiger partial charge in [-0.15, -0.1) is 0 Å². The Balaban J connectivity index is 2.14. The average Bonchev–Trinajstić information content (AvgIpc) is 2.81. The molecular formula is C16H19N3O2. The van der Waals surface area contributed by atoms with Gasteiger partial charge in [-0.05, 0) is 31.0 Å². The third kappa shape index (κ3) is 2.28. The SMILES string of the molecule is CCc1nc(C2CC(=O)Nc3cc(O)c(C)cc32)c(C)[nH]1. The first kappa shape index (κ1) is 13.7. The standard InChI is InChI=1S/C16H19N3O2/c1-4-14-17-9(3)16(19-14)11-6-15(21)18-12-7-13(20)8(2)5-10(11)12/h5,7,11,20H,4,6H2,1-3H3,(H,17,19)(H,18,21). The summed E-state index contributed by atoms with van der Waals surface area (Å²) in [5.74, 6) is 1.02. The second kappa shape index (κ2) is 4.91. The highest BCUT2D eigenvalue weighted by atomic mass is 16.3. The van der Waals surface area contributed by atoms with Gasteiger partial charge in [0.25, 0.3) is 0 Å². The van der Waals surface area contributed by atoms with Crippen LogP contribution in [0.4, 0.5) is 5.69 Å². The Hall–Kier alpha value is -2.30. The molecule has 21 heavy (non-hydrogen) atoms.